The third-order valence-electron chi connectivity index (χ3n) is 4.86. The average molecular weight is 410 g/mol. The highest BCUT2D eigenvalue weighted by Gasteiger charge is 2.32. The molecule has 3 N–H and O–H groups in total. The van der Waals surface area contributed by atoms with E-state index < -0.39 is 28.6 Å². The van der Waals surface area contributed by atoms with Crippen LogP contribution in [0.4, 0.5) is 10.1 Å². The van der Waals surface area contributed by atoms with Gasteiger partial charge < -0.3 is 19.7 Å². The van der Waals surface area contributed by atoms with E-state index in [1.54, 1.807) is 0 Å². The number of carbonyl (C=O) groups excluding carboxylic acids is 1. The lowest BCUT2D eigenvalue weighted by Crippen LogP contribution is -2.23. The van der Waals surface area contributed by atoms with Crippen LogP contribution in [0, 0.1) is 11.7 Å². The van der Waals surface area contributed by atoms with Gasteiger partial charge in [-0.1, -0.05) is 0 Å². The molecule has 0 aliphatic carbocycles. The van der Waals surface area contributed by atoms with Crippen molar-refractivity contribution in [3.63, 3.8) is 0 Å². The summed E-state index contributed by atoms with van der Waals surface area (Å²) in [5, 5.41) is 20.7. The summed E-state index contributed by atoms with van der Waals surface area (Å²) < 4.78 is 41.1. The number of hydrogen-bond acceptors (Lipinski definition) is 6. The molecule has 1 amide bonds. The average Bonchev–Trinajstić information content (AvgIpc) is 3.26. The quantitative estimate of drug-likeness (QED) is 0.693. The highest BCUT2D eigenvalue weighted by molar-refractivity contribution is 7.85. The van der Waals surface area contributed by atoms with Crippen LogP contribution in [-0.2, 0) is 20.7 Å². The number of rotatable bonds is 5. The summed E-state index contributed by atoms with van der Waals surface area (Å²) in [5.41, 5.74) is -0.344. The van der Waals surface area contributed by atoms with E-state index in [-0.39, 0.29) is 34.5 Å². The van der Waals surface area contributed by atoms with Gasteiger partial charge in [0.15, 0.2) is 17.3 Å². The van der Waals surface area contributed by atoms with Gasteiger partial charge >= 0.3 is 0 Å². The predicted molar refractivity (Wildman–Crippen MR) is 99.9 cm³/mol. The Morgan fingerprint density at radius 2 is 2.11 bits per heavy atom. The van der Waals surface area contributed by atoms with Crippen molar-refractivity contribution in [1.82, 2.24) is 4.72 Å². The second-order valence-corrected chi connectivity index (χ2v) is 7.92. The molecule has 150 valence electrons. The molecule has 2 aromatic rings. The second kappa shape index (κ2) is 7.44. The van der Waals surface area contributed by atoms with Crippen LogP contribution in [0.25, 0.3) is 10.8 Å². The topological polar surface area (TPSA) is 108 Å². The standard InChI is InChI=1S/C18H19FN2O6S/c19-17-12-7-15(27-4-2-10-1-3-26-9-10)13(22)5-11(12)6-14(23)18(17)21-8-16(24)20-28(21)25/h5-7,10,22-23H,1-4,8-9H2,(H,20,24). The van der Waals surface area contributed by atoms with Crippen molar-refractivity contribution in [3.05, 3.63) is 24.0 Å². The molecule has 8 nitrogen and oxygen atoms in total. The lowest BCUT2D eigenvalue weighted by molar-refractivity contribution is -0.117. The van der Waals surface area contributed by atoms with Crippen molar-refractivity contribution in [3.8, 4) is 17.2 Å². The van der Waals surface area contributed by atoms with Crippen LogP contribution >= 0.6 is 0 Å². The number of carbonyl (C=O) groups is 1. The molecule has 0 aromatic heterocycles. The fourth-order valence-corrected chi connectivity index (χ4v) is 4.33. The van der Waals surface area contributed by atoms with E-state index in [2.05, 4.69) is 4.72 Å². The molecule has 0 radical (unpaired) electrons. The van der Waals surface area contributed by atoms with E-state index in [4.69, 9.17) is 9.47 Å². The van der Waals surface area contributed by atoms with Gasteiger partial charge in [-0.3, -0.25) is 13.8 Å². The first kappa shape index (κ1) is 18.8. The third-order valence-corrected chi connectivity index (χ3v) is 5.97. The number of benzene rings is 2. The number of halogens is 1. The molecule has 0 bridgehead atoms. The first-order valence-electron chi connectivity index (χ1n) is 8.81. The third kappa shape index (κ3) is 3.45. The van der Waals surface area contributed by atoms with E-state index in [1.807, 2.05) is 0 Å². The SMILES string of the molecule is O=C1CN(c2c(O)cc3cc(O)c(OCCC4CCOC4)cc3c2F)S(=O)N1. The molecule has 0 saturated carbocycles. The van der Waals surface area contributed by atoms with Crippen LogP contribution in [0.1, 0.15) is 12.8 Å². The molecule has 2 unspecified atom stereocenters. The molecule has 2 aliphatic rings. The zero-order valence-corrected chi connectivity index (χ0v) is 15.6. The van der Waals surface area contributed by atoms with Gasteiger partial charge in [-0.05, 0) is 42.3 Å². The van der Waals surface area contributed by atoms with E-state index in [1.165, 1.54) is 18.2 Å². The first-order chi connectivity index (χ1) is 13.4. The molecule has 2 aromatic carbocycles. The summed E-state index contributed by atoms with van der Waals surface area (Å²) in [4.78, 5) is 11.4. The van der Waals surface area contributed by atoms with Gasteiger partial charge in [0.05, 0.1) is 6.61 Å². The van der Waals surface area contributed by atoms with Gasteiger partial charge in [0.25, 0.3) is 5.91 Å². The molecule has 4 rings (SSSR count). The zero-order chi connectivity index (χ0) is 19.8. The molecule has 2 saturated heterocycles. The summed E-state index contributed by atoms with van der Waals surface area (Å²) in [7, 11) is 0. The second-order valence-electron chi connectivity index (χ2n) is 6.78. The molecule has 28 heavy (non-hydrogen) atoms. The largest absolute Gasteiger partial charge is 0.506 e. The lowest BCUT2D eigenvalue weighted by Gasteiger charge is -2.18. The normalized spacial score (nSPS) is 22.0. The summed E-state index contributed by atoms with van der Waals surface area (Å²) >= 11 is -1.98. The van der Waals surface area contributed by atoms with Crippen molar-refractivity contribution in [2.45, 2.75) is 12.8 Å². The van der Waals surface area contributed by atoms with Crippen molar-refractivity contribution < 1.29 is 33.1 Å². The van der Waals surface area contributed by atoms with Gasteiger partial charge in [0.1, 0.15) is 18.0 Å². The maximum atomic E-state index is 15.1. The Labute approximate surface area is 162 Å². The highest BCUT2D eigenvalue weighted by Crippen LogP contribution is 2.41. The first-order valence-corrected chi connectivity index (χ1v) is 9.92. The predicted octanol–water partition coefficient (Wildman–Crippen LogP) is 1.71. The summed E-state index contributed by atoms with van der Waals surface area (Å²) in [6.45, 7) is 1.42. The van der Waals surface area contributed by atoms with E-state index in [0.717, 1.165) is 23.8 Å². The van der Waals surface area contributed by atoms with Gasteiger partial charge in [-0.2, -0.15) is 0 Å². The van der Waals surface area contributed by atoms with Crippen LogP contribution in [0.5, 0.6) is 17.2 Å². The Morgan fingerprint density at radius 3 is 2.79 bits per heavy atom. The van der Waals surface area contributed by atoms with E-state index in [9.17, 15) is 19.2 Å². The number of amides is 1. The number of phenolic OH excluding ortho intramolecular Hbond substituents is 2. The Morgan fingerprint density at radius 1 is 1.32 bits per heavy atom. The number of nitrogens with one attached hydrogen (secondary N) is 1. The number of ether oxygens (including phenoxy) is 2. The molecular formula is C18H19FN2O6S. The Bertz CT molecular complexity index is 963. The molecule has 2 aliphatic heterocycles. The van der Waals surface area contributed by atoms with Crippen LogP contribution in [0.2, 0.25) is 0 Å². The van der Waals surface area contributed by atoms with Crippen LogP contribution in [0.15, 0.2) is 18.2 Å². The Hall–Kier alpha value is -2.59. The van der Waals surface area contributed by atoms with Crippen molar-refractivity contribution in [1.29, 1.82) is 0 Å². The van der Waals surface area contributed by atoms with Crippen molar-refractivity contribution >= 4 is 33.5 Å². The minimum Gasteiger partial charge on any atom is -0.506 e. The number of aromatic hydroxyl groups is 2. The summed E-state index contributed by atoms with van der Waals surface area (Å²) in [6, 6.07) is 3.87. The molecule has 2 atom stereocenters. The maximum absolute atomic E-state index is 15.1. The number of fused-ring (bicyclic) bond motifs is 1. The van der Waals surface area contributed by atoms with E-state index in [0.29, 0.717) is 19.1 Å². The number of hydrogen-bond donors (Lipinski definition) is 3. The Kier molecular flexibility index (Phi) is 4.98. The highest BCUT2D eigenvalue weighted by atomic mass is 32.2. The number of nitrogens with zero attached hydrogens (tertiary/aromatic N) is 1. The maximum Gasteiger partial charge on any atom is 0.253 e. The van der Waals surface area contributed by atoms with Crippen LogP contribution in [-0.4, -0.2) is 46.7 Å². The minimum absolute atomic E-state index is 0.0705. The molecule has 10 heteroatoms. The molecule has 2 fully saturated rings. The summed E-state index contributed by atoms with van der Waals surface area (Å²) in [5.74, 6) is -1.54. The zero-order valence-electron chi connectivity index (χ0n) is 14.8. The Balaban J connectivity index is 1.64. The van der Waals surface area contributed by atoms with Crippen molar-refractivity contribution in [2.24, 2.45) is 5.92 Å². The molecule has 0 spiro atoms. The minimum atomic E-state index is -1.98. The summed E-state index contributed by atoms with van der Waals surface area (Å²) in [6.07, 6.45) is 1.71. The van der Waals surface area contributed by atoms with Gasteiger partial charge in [0, 0.05) is 18.6 Å². The fourth-order valence-electron chi connectivity index (χ4n) is 3.38. The lowest BCUT2D eigenvalue weighted by atomic mass is 10.1. The van der Waals surface area contributed by atoms with Gasteiger partial charge in [-0.15, -0.1) is 0 Å². The molecule has 2 heterocycles. The van der Waals surface area contributed by atoms with Gasteiger partial charge in [-0.25, -0.2) is 8.60 Å². The van der Waals surface area contributed by atoms with E-state index >= 15 is 4.39 Å². The van der Waals surface area contributed by atoms with Crippen molar-refractivity contribution in [2.75, 3.05) is 30.7 Å². The number of anilines is 1. The van der Waals surface area contributed by atoms with Crippen LogP contribution < -0.4 is 13.8 Å². The monoisotopic (exact) mass is 410 g/mol. The fraction of sp³-hybridized carbons (Fsp3) is 0.389. The molecular weight excluding hydrogens is 391 g/mol. The smallest absolute Gasteiger partial charge is 0.253 e. The van der Waals surface area contributed by atoms with Gasteiger partial charge in [0.2, 0.25) is 11.2 Å². The van der Waals surface area contributed by atoms with Crippen LogP contribution in [0.3, 0.4) is 0 Å². The number of phenols is 2.